The Labute approximate surface area is 100 Å². The Kier molecular flexibility index (Phi) is 3.57. The molecule has 0 unspecified atom stereocenters. The minimum absolute atomic E-state index is 0.254. The molecule has 0 saturated heterocycles. The third-order valence-corrected chi connectivity index (χ3v) is 2.43. The summed E-state index contributed by atoms with van der Waals surface area (Å²) in [5, 5.41) is 12.5. The molecular weight excluding hydrogens is 214 g/mol. The molecule has 0 aliphatic heterocycles. The first kappa shape index (κ1) is 11.4. The molecule has 2 aromatic rings. The number of rotatable bonds is 4. The smallest absolute Gasteiger partial charge is 0.117 e. The molecule has 1 heterocycles. The number of aromatic nitrogens is 1. The average Bonchev–Trinajstić information content (AvgIpc) is 2.37. The highest BCUT2D eigenvalue weighted by Gasteiger charge is 1.97. The molecule has 4 nitrogen and oxygen atoms in total. The first-order valence-electron chi connectivity index (χ1n) is 5.43. The van der Waals surface area contributed by atoms with Crippen molar-refractivity contribution < 1.29 is 5.11 Å². The summed E-state index contributed by atoms with van der Waals surface area (Å²) in [5.41, 5.74) is 8.51. The maximum Gasteiger partial charge on any atom is 0.117 e. The van der Waals surface area contributed by atoms with Crippen molar-refractivity contribution in [3.05, 3.63) is 53.9 Å². The number of benzene rings is 1. The highest BCUT2D eigenvalue weighted by atomic mass is 16.3. The van der Waals surface area contributed by atoms with Crippen molar-refractivity contribution in [2.45, 2.75) is 13.1 Å². The van der Waals surface area contributed by atoms with E-state index in [1.807, 2.05) is 12.1 Å². The molecule has 2 rings (SSSR count). The Balaban J connectivity index is 2.02. The molecule has 4 N–H and O–H groups in total. The fourth-order valence-electron chi connectivity index (χ4n) is 1.57. The van der Waals surface area contributed by atoms with Gasteiger partial charge in [0.1, 0.15) is 5.75 Å². The summed E-state index contributed by atoms with van der Waals surface area (Å²) in [4.78, 5) is 4.12. The van der Waals surface area contributed by atoms with Gasteiger partial charge in [-0.25, -0.2) is 0 Å². The fourth-order valence-corrected chi connectivity index (χ4v) is 1.57. The van der Waals surface area contributed by atoms with E-state index in [0.717, 1.165) is 16.8 Å². The van der Waals surface area contributed by atoms with Crippen molar-refractivity contribution in [1.82, 2.24) is 4.98 Å². The topological polar surface area (TPSA) is 71.2 Å². The van der Waals surface area contributed by atoms with E-state index in [1.165, 1.54) is 0 Å². The van der Waals surface area contributed by atoms with Gasteiger partial charge in [0.2, 0.25) is 0 Å². The maximum atomic E-state index is 9.32. The molecule has 88 valence electrons. The van der Waals surface area contributed by atoms with Crippen LogP contribution in [0.3, 0.4) is 0 Å². The van der Waals surface area contributed by atoms with Crippen LogP contribution in [0.5, 0.6) is 5.75 Å². The zero-order chi connectivity index (χ0) is 12.1. The molecule has 17 heavy (non-hydrogen) atoms. The predicted octanol–water partition coefficient (Wildman–Crippen LogP) is 1.86. The van der Waals surface area contributed by atoms with Gasteiger partial charge in [-0.2, -0.15) is 0 Å². The first-order valence-corrected chi connectivity index (χ1v) is 5.43. The molecule has 0 aliphatic rings. The summed E-state index contributed by atoms with van der Waals surface area (Å²) < 4.78 is 0. The lowest BCUT2D eigenvalue weighted by molar-refractivity contribution is 0.475. The van der Waals surface area contributed by atoms with E-state index >= 15 is 0 Å². The lowest BCUT2D eigenvalue weighted by atomic mass is 10.2. The van der Waals surface area contributed by atoms with Gasteiger partial charge < -0.3 is 16.2 Å². The van der Waals surface area contributed by atoms with Crippen LogP contribution in [-0.2, 0) is 13.1 Å². The van der Waals surface area contributed by atoms with Gasteiger partial charge in [0.25, 0.3) is 0 Å². The second kappa shape index (κ2) is 5.32. The second-order valence-electron chi connectivity index (χ2n) is 3.81. The molecule has 0 fully saturated rings. The van der Waals surface area contributed by atoms with Crippen molar-refractivity contribution >= 4 is 5.69 Å². The van der Waals surface area contributed by atoms with Crippen molar-refractivity contribution in [2.75, 3.05) is 5.32 Å². The van der Waals surface area contributed by atoms with Crippen LogP contribution >= 0.6 is 0 Å². The largest absolute Gasteiger partial charge is 0.508 e. The number of nitrogens with one attached hydrogen (secondary N) is 1. The number of pyridine rings is 1. The molecule has 1 aromatic carbocycles. The summed E-state index contributed by atoms with van der Waals surface area (Å²) in [5.74, 6) is 0.254. The first-order chi connectivity index (χ1) is 8.28. The van der Waals surface area contributed by atoms with Crippen LogP contribution in [0.25, 0.3) is 0 Å². The van der Waals surface area contributed by atoms with E-state index in [2.05, 4.69) is 10.3 Å². The third kappa shape index (κ3) is 3.19. The Hall–Kier alpha value is -2.07. The number of phenolic OH excluding ortho intramolecular Hbond substituents is 1. The van der Waals surface area contributed by atoms with Gasteiger partial charge in [-0.05, 0) is 29.3 Å². The Morgan fingerprint density at radius 3 is 2.76 bits per heavy atom. The normalized spacial score (nSPS) is 10.2. The molecule has 0 spiro atoms. The molecule has 0 atom stereocenters. The van der Waals surface area contributed by atoms with Crippen LogP contribution in [0.15, 0.2) is 42.7 Å². The summed E-state index contributed by atoms with van der Waals surface area (Å²) in [6.45, 7) is 1.15. The number of nitrogens with two attached hydrogens (primary N) is 1. The van der Waals surface area contributed by atoms with Gasteiger partial charge in [0.05, 0.1) is 0 Å². The van der Waals surface area contributed by atoms with Gasteiger partial charge >= 0.3 is 0 Å². The van der Waals surface area contributed by atoms with E-state index in [9.17, 15) is 5.11 Å². The molecule has 0 radical (unpaired) electrons. The number of anilines is 1. The quantitative estimate of drug-likeness (QED) is 0.748. The Morgan fingerprint density at radius 2 is 2.00 bits per heavy atom. The van der Waals surface area contributed by atoms with Gasteiger partial charge in [-0.15, -0.1) is 0 Å². The minimum atomic E-state index is 0.254. The summed E-state index contributed by atoms with van der Waals surface area (Å²) in [6.07, 6.45) is 3.56. The highest BCUT2D eigenvalue weighted by molar-refractivity contribution is 5.48. The van der Waals surface area contributed by atoms with E-state index < -0.39 is 0 Å². The molecule has 0 saturated carbocycles. The summed E-state index contributed by atoms with van der Waals surface area (Å²) in [7, 11) is 0. The van der Waals surface area contributed by atoms with Crippen LogP contribution in [0.2, 0.25) is 0 Å². The average molecular weight is 229 g/mol. The molecule has 4 heteroatoms. The van der Waals surface area contributed by atoms with Crippen molar-refractivity contribution in [3.8, 4) is 5.75 Å². The molecular formula is C13H15N3O. The number of nitrogens with zero attached hydrogens (tertiary/aromatic N) is 1. The standard InChI is InChI=1S/C13H15N3O/c14-6-10-4-11(8-15-7-10)9-16-12-2-1-3-13(17)5-12/h1-5,7-8,16-17H,6,9,14H2. The predicted molar refractivity (Wildman–Crippen MR) is 67.6 cm³/mol. The van der Waals surface area contributed by atoms with Crippen LogP contribution < -0.4 is 11.1 Å². The SMILES string of the molecule is NCc1cncc(CNc2cccc(O)c2)c1. The lowest BCUT2D eigenvalue weighted by Gasteiger charge is -2.07. The number of hydrogen-bond acceptors (Lipinski definition) is 4. The summed E-state index contributed by atoms with van der Waals surface area (Å²) >= 11 is 0. The number of hydrogen-bond donors (Lipinski definition) is 3. The third-order valence-electron chi connectivity index (χ3n) is 2.43. The zero-order valence-electron chi connectivity index (χ0n) is 9.43. The minimum Gasteiger partial charge on any atom is -0.508 e. The van der Waals surface area contributed by atoms with E-state index in [1.54, 1.807) is 30.6 Å². The van der Waals surface area contributed by atoms with Crippen LogP contribution in [0.4, 0.5) is 5.69 Å². The number of aromatic hydroxyl groups is 1. The van der Waals surface area contributed by atoms with Crippen molar-refractivity contribution in [2.24, 2.45) is 5.73 Å². The van der Waals surface area contributed by atoms with E-state index in [0.29, 0.717) is 13.1 Å². The zero-order valence-corrected chi connectivity index (χ0v) is 9.43. The number of phenols is 1. The highest BCUT2D eigenvalue weighted by Crippen LogP contribution is 2.16. The molecule has 0 aliphatic carbocycles. The van der Waals surface area contributed by atoms with Gasteiger partial charge in [-0.1, -0.05) is 6.07 Å². The maximum absolute atomic E-state index is 9.32. The Bertz CT molecular complexity index is 500. The van der Waals surface area contributed by atoms with Crippen molar-refractivity contribution in [1.29, 1.82) is 0 Å². The second-order valence-corrected chi connectivity index (χ2v) is 3.81. The monoisotopic (exact) mass is 229 g/mol. The van der Waals surface area contributed by atoms with Crippen LogP contribution in [0.1, 0.15) is 11.1 Å². The fraction of sp³-hybridized carbons (Fsp3) is 0.154. The van der Waals surface area contributed by atoms with E-state index in [-0.39, 0.29) is 5.75 Å². The van der Waals surface area contributed by atoms with Crippen LogP contribution in [-0.4, -0.2) is 10.1 Å². The van der Waals surface area contributed by atoms with Gasteiger partial charge in [0.15, 0.2) is 0 Å². The van der Waals surface area contributed by atoms with Crippen LogP contribution in [0, 0.1) is 0 Å². The molecule has 0 bridgehead atoms. The van der Waals surface area contributed by atoms with Crippen molar-refractivity contribution in [3.63, 3.8) is 0 Å². The summed E-state index contributed by atoms with van der Waals surface area (Å²) in [6, 6.07) is 9.04. The molecule has 1 aromatic heterocycles. The Morgan fingerprint density at radius 1 is 1.18 bits per heavy atom. The van der Waals surface area contributed by atoms with Gasteiger partial charge in [0, 0.05) is 37.2 Å². The van der Waals surface area contributed by atoms with E-state index in [4.69, 9.17) is 5.73 Å². The van der Waals surface area contributed by atoms with Gasteiger partial charge in [-0.3, -0.25) is 4.98 Å². The molecule has 0 amide bonds. The lowest BCUT2D eigenvalue weighted by Crippen LogP contribution is -2.02.